The maximum absolute atomic E-state index is 11.9. The first-order valence-corrected chi connectivity index (χ1v) is 7.40. The van der Waals surface area contributed by atoms with Crippen LogP contribution in [0.1, 0.15) is 18.1 Å². The third kappa shape index (κ3) is 3.28. The first-order valence-electron chi connectivity index (χ1n) is 7.03. The van der Waals surface area contributed by atoms with Gasteiger partial charge in [-0.2, -0.15) is 0 Å². The molecule has 24 heavy (non-hydrogen) atoms. The van der Waals surface area contributed by atoms with Crippen LogP contribution in [0.5, 0.6) is 5.75 Å². The highest BCUT2D eigenvalue weighted by atomic mass is 35.5. The SMILES string of the molecule is Cc1ncc(COc2cc3oc(=O)n(CCC(=O)O)c3cc2Cl)o1. The number of hydrogen-bond donors (Lipinski definition) is 1. The topological polar surface area (TPSA) is 108 Å². The Balaban J connectivity index is 1.87. The summed E-state index contributed by atoms with van der Waals surface area (Å²) in [4.78, 5) is 26.5. The number of aliphatic carboxylic acids is 1. The second kappa shape index (κ2) is 6.40. The molecule has 0 radical (unpaired) electrons. The Labute approximate surface area is 140 Å². The molecule has 0 unspecified atom stereocenters. The van der Waals surface area contributed by atoms with Crippen LogP contribution in [0.4, 0.5) is 0 Å². The van der Waals surface area contributed by atoms with Crippen molar-refractivity contribution in [1.82, 2.24) is 9.55 Å². The predicted octanol–water partition coefficient (Wildman–Crippen LogP) is 2.60. The van der Waals surface area contributed by atoms with Crippen LogP contribution in [0.3, 0.4) is 0 Å². The fraction of sp³-hybridized carbons (Fsp3) is 0.267. The summed E-state index contributed by atoms with van der Waals surface area (Å²) < 4.78 is 17.2. The Kier molecular flexibility index (Phi) is 4.30. The number of oxazole rings is 2. The highest BCUT2D eigenvalue weighted by molar-refractivity contribution is 6.32. The Hall–Kier alpha value is -2.74. The highest BCUT2D eigenvalue weighted by Crippen LogP contribution is 2.30. The van der Waals surface area contributed by atoms with Gasteiger partial charge in [0.15, 0.2) is 17.2 Å². The van der Waals surface area contributed by atoms with Crippen molar-refractivity contribution in [2.45, 2.75) is 26.5 Å². The molecular formula is C15H13ClN2O6. The Morgan fingerprint density at radius 1 is 1.42 bits per heavy atom. The lowest BCUT2D eigenvalue weighted by atomic mass is 10.3. The van der Waals surface area contributed by atoms with Gasteiger partial charge >= 0.3 is 11.7 Å². The number of aryl methyl sites for hydroxylation is 2. The number of carbonyl (C=O) groups is 1. The van der Waals surface area contributed by atoms with Crippen LogP contribution >= 0.6 is 11.6 Å². The molecule has 3 aromatic rings. The van der Waals surface area contributed by atoms with Gasteiger partial charge in [-0.25, -0.2) is 9.78 Å². The summed E-state index contributed by atoms with van der Waals surface area (Å²) in [6.07, 6.45) is 1.35. The normalized spacial score (nSPS) is 11.1. The minimum absolute atomic E-state index is 0.00492. The maximum atomic E-state index is 11.9. The Bertz CT molecular complexity index is 955. The first kappa shape index (κ1) is 16.1. The largest absolute Gasteiger partial charge is 0.484 e. The van der Waals surface area contributed by atoms with Crippen LogP contribution in [0, 0.1) is 6.92 Å². The van der Waals surface area contributed by atoms with Crippen molar-refractivity contribution < 1.29 is 23.5 Å². The van der Waals surface area contributed by atoms with E-state index in [9.17, 15) is 9.59 Å². The molecule has 1 aromatic carbocycles. The molecule has 2 aromatic heterocycles. The number of rotatable bonds is 6. The lowest BCUT2D eigenvalue weighted by Gasteiger charge is -2.06. The molecule has 0 aliphatic rings. The number of carboxylic acids is 1. The van der Waals surface area contributed by atoms with E-state index in [1.54, 1.807) is 13.1 Å². The van der Waals surface area contributed by atoms with Crippen LogP contribution in [0.15, 0.2) is 32.0 Å². The average Bonchev–Trinajstić information content (AvgIpc) is 3.05. The highest BCUT2D eigenvalue weighted by Gasteiger charge is 2.15. The molecule has 0 saturated carbocycles. The van der Waals surface area contributed by atoms with E-state index < -0.39 is 11.7 Å². The molecule has 8 nitrogen and oxygen atoms in total. The van der Waals surface area contributed by atoms with Crippen LogP contribution in [0.2, 0.25) is 5.02 Å². The number of benzene rings is 1. The molecule has 9 heteroatoms. The Morgan fingerprint density at radius 3 is 2.88 bits per heavy atom. The van der Waals surface area contributed by atoms with E-state index in [0.29, 0.717) is 22.9 Å². The number of carboxylic acid groups (broad SMARTS) is 1. The number of fused-ring (bicyclic) bond motifs is 1. The van der Waals surface area contributed by atoms with Gasteiger partial charge in [-0.1, -0.05) is 11.6 Å². The molecule has 3 rings (SSSR count). The fourth-order valence-corrected chi connectivity index (χ4v) is 2.43. The standard InChI is InChI=1S/C15H13ClN2O6/c1-8-17-6-9(23-8)7-22-12-5-13-11(4-10(12)16)18(15(21)24-13)3-2-14(19)20/h4-6H,2-3,7H2,1H3,(H,19,20). The van der Waals surface area contributed by atoms with Crippen LogP contribution in [-0.4, -0.2) is 20.6 Å². The second-order valence-corrected chi connectivity index (χ2v) is 5.46. The molecule has 0 aliphatic carbocycles. The lowest BCUT2D eigenvalue weighted by molar-refractivity contribution is -0.137. The zero-order chi connectivity index (χ0) is 17.3. The van der Waals surface area contributed by atoms with Gasteiger partial charge in [0.2, 0.25) is 0 Å². The Morgan fingerprint density at radius 2 is 2.21 bits per heavy atom. The van der Waals surface area contributed by atoms with Gasteiger partial charge in [0.1, 0.15) is 12.4 Å². The molecule has 0 bridgehead atoms. The summed E-state index contributed by atoms with van der Waals surface area (Å²) in [6.45, 7) is 1.84. The van der Waals surface area contributed by atoms with E-state index in [1.165, 1.54) is 16.7 Å². The number of halogens is 1. The molecule has 0 spiro atoms. The fourth-order valence-electron chi connectivity index (χ4n) is 2.22. The van der Waals surface area contributed by atoms with Crippen LogP contribution < -0.4 is 10.5 Å². The molecule has 0 fully saturated rings. The third-order valence-electron chi connectivity index (χ3n) is 3.31. The minimum atomic E-state index is -1.01. The zero-order valence-electron chi connectivity index (χ0n) is 12.6. The van der Waals surface area contributed by atoms with Crippen molar-refractivity contribution >= 4 is 28.7 Å². The molecule has 0 saturated heterocycles. The van der Waals surface area contributed by atoms with E-state index >= 15 is 0 Å². The van der Waals surface area contributed by atoms with Crippen molar-refractivity contribution in [2.24, 2.45) is 0 Å². The van der Waals surface area contributed by atoms with E-state index in [2.05, 4.69) is 4.98 Å². The molecule has 0 amide bonds. The van der Waals surface area contributed by atoms with Gasteiger partial charge in [-0.15, -0.1) is 0 Å². The minimum Gasteiger partial charge on any atom is -0.484 e. The van der Waals surface area contributed by atoms with Gasteiger partial charge in [-0.05, 0) is 6.07 Å². The monoisotopic (exact) mass is 352 g/mol. The van der Waals surface area contributed by atoms with Crippen LogP contribution in [0.25, 0.3) is 11.1 Å². The van der Waals surface area contributed by atoms with E-state index in [4.69, 9.17) is 30.3 Å². The first-order chi connectivity index (χ1) is 11.4. The summed E-state index contributed by atoms with van der Waals surface area (Å²) in [7, 11) is 0. The lowest BCUT2D eigenvalue weighted by Crippen LogP contribution is -2.16. The summed E-state index contributed by atoms with van der Waals surface area (Å²) in [5.74, 6) is -0.284. The number of nitrogens with zero attached hydrogens (tertiary/aromatic N) is 2. The molecule has 1 N–H and O–H groups in total. The third-order valence-corrected chi connectivity index (χ3v) is 3.61. The van der Waals surface area contributed by atoms with Gasteiger partial charge < -0.3 is 18.7 Å². The van der Waals surface area contributed by atoms with Crippen LogP contribution in [-0.2, 0) is 17.9 Å². The molecule has 2 heterocycles. The molecule has 0 aliphatic heterocycles. The quantitative estimate of drug-likeness (QED) is 0.726. The van der Waals surface area contributed by atoms with E-state index in [-0.39, 0.29) is 30.2 Å². The number of aromatic nitrogens is 2. The summed E-state index contributed by atoms with van der Waals surface area (Å²) >= 11 is 6.17. The van der Waals surface area contributed by atoms with Crippen molar-refractivity contribution in [2.75, 3.05) is 0 Å². The van der Waals surface area contributed by atoms with Crippen molar-refractivity contribution in [3.63, 3.8) is 0 Å². The van der Waals surface area contributed by atoms with Gasteiger partial charge in [0, 0.05) is 19.5 Å². The smallest absolute Gasteiger partial charge is 0.419 e. The van der Waals surface area contributed by atoms with Crippen molar-refractivity contribution in [1.29, 1.82) is 0 Å². The summed E-state index contributed by atoms with van der Waals surface area (Å²) in [6, 6.07) is 2.99. The zero-order valence-corrected chi connectivity index (χ0v) is 13.4. The summed E-state index contributed by atoms with van der Waals surface area (Å²) in [5, 5.41) is 9.02. The number of hydrogen-bond acceptors (Lipinski definition) is 6. The molecule has 126 valence electrons. The van der Waals surface area contributed by atoms with E-state index in [1.807, 2.05) is 0 Å². The average molecular weight is 353 g/mol. The van der Waals surface area contributed by atoms with Crippen molar-refractivity contribution in [3.8, 4) is 5.75 Å². The second-order valence-electron chi connectivity index (χ2n) is 5.05. The van der Waals surface area contributed by atoms with E-state index in [0.717, 1.165) is 0 Å². The van der Waals surface area contributed by atoms with Gasteiger partial charge in [0.05, 0.1) is 23.2 Å². The van der Waals surface area contributed by atoms with Gasteiger partial charge in [-0.3, -0.25) is 9.36 Å². The van der Waals surface area contributed by atoms with Crippen molar-refractivity contribution in [3.05, 3.63) is 45.6 Å². The van der Waals surface area contributed by atoms with Gasteiger partial charge in [0.25, 0.3) is 0 Å². The number of ether oxygens (including phenoxy) is 1. The summed E-state index contributed by atoms with van der Waals surface area (Å²) in [5.41, 5.74) is 0.674. The predicted molar refractivity (Wildman–Crippen MR) is 83.3 cm³/mol. The molecular weight excluding hydrogens is 340 g/mol. The molecule has 0 atom stereocenters. The maximum Gasteiger partial charge on any atom is 0.419 e.